The molecule has 5 heteroatoms. The summed E-state index contributed by atoms with van der Waals surface area (Å²) in [7, 11) is 3.86. The summed E-state index contributed by atoms with van der Waals surface area (Å²) in [6.45, 7) is 2.68. The maximum atomic E-state index is 6.23. The normalized spacial score (nSPS) is 10.7. The molecule has 0 atom stereocenters. The smallest absolute Gasteiger partial charge is 0.131 e. The molecule has 0 spiro atoms. The van der Waals surface area contributed by atoms with Crippen LogP contribution in [-0.4, -0.2) is 16.8 Å². The molecule has 0 saturated heterocycles. The molecule has 1 heterocycles. The number of nitrogen functional groups attached to an aromatic ring is 1. The number of nitrogens with zero attached hydrogens (tertiary/aromatic N) is 3. The molecule has 1 aromatic heterocycles. The highest BCUT2D eigenvalue weighted by atomic mass is 35.5. The van der Waals surface area contributed by atoms with E-state index < -0.39 is 0 Å². The lowest BCUT2D eigenvalue weighted by Crippen LogP contribution is -2.17. The molecule has 0 aliphatic rings. The Labute approximate surface area is 112 Å². The molecule has 2 aromatic rings. The highest BCUT2D eigenvalue weighted by Crippen LogP contribution is 2.23. The summed E-state index contributed by atoms with van der Waals surface area (Å²) >= 11 is 6.23. The Balaban J connectivity index is 2.24. The van der Waals surface area contributed by atoms with E-state index >= 15 is 0 Å². The SMILES string of the molecule is Cc1nn(C)c(Cl)c1CN(C)c1cccc(N)c1. The van der Waals surface area contributed by atoms with Crippen molar-refractivity contribution in [2.75, 3.05) is 17.7 Å². The molecular weight excluding hydrogens is 248 g/mol. The number of halogens is 1. The van der Waals surface area contributed by atoms with Crippen molar-refractivity contribution < 1.29 is 0 Å². The van der Waals surface area contributed by atoms with Gasteiger partial charge in [-0.3, -0.25) is 4.68 Å². The number of aromatic nitrogens is 2. The predicted molar refractivity (Wildman–Crippen MR) is 75.9 cm³/mol. The molecule has 0 aliphatic carbocycles. The van der Waals surface area contributed by atoms with Crippen LogP contribution in [0.2, 0.25) is 5.15 Å². The van der Waals surface area contributed by atoms with E-state index in [0.29, 0.717) is 11.7 Å². The Bertz CT molecular complexity index is 562. The minimum absolute atomic E-state index is 0.684. The van der Waals surface area contributed by atoms with Crippen molar-refractivity contribution in [2.24, 2.45) is 7.05 Å². The minimum atomic E-state index is 0.684. The third kappa shape index (κ3) is 2.43. The summed E-state index contributed by atoms with van der Waals surface area (Å²) in [5, 5.41) is 4.99. The molecule has 18 heavy (non-hydrogen) atoms. The van der Waals surface area contributed by atoms with E-state index in [4.69, 9.17) is 17.3 Å². The fourth-order valence-corrected chi connectivity index (χ4v) is 2.18. The van der Waals surface area contributed by atoms with Gasteiger partial charge in [-0.05, 0) is 25.1 Å². The Morgan fingerprint density at radius 1 is 1.44 bits per heavy atom. The zero-order chi connectivity index (χ0) is 13.3. The van der Waals surface area contributed by atoms with E-state index in [1.807, 2.05) is 45.3 Å². The predicted octanol–water partition coefficient (Wildman–Crippen LogP) is 2.60. The minimum Gasteiger partial charge on any atom is -0.399 e. The van der Waals surface area contributed by atoms with Crippen LogP contribution in [-0.2, 0) is 13.6 Å². The molecule has 0 aliphatic heterocycles. The van der Waals surface area contributed by atoms with Crippen molar-refractivity contribution in [3.8, 4) is 0 Å². The summed E-state index contributed by atoms with van der Waals surface area (Å²) < 4.78 is 1.69. The van der Waals surface area contributed by atoms with Gasteiger partial charge in [0.25, 0.3) is 0 Å². The number of aryl methyl sites for hydroxylation is 2. The average molecular weight is 265 g/mol. The lowest BCUT2D eigenvalue weighted by molar-refractivity contribution is 0.757. The Morgan fingerprint density at radius 2 is 2.17 bits per heavy atom. The van der Waals surface area contributed by atoms with E-state index in [-0.39, 0.29) is 0 Å². The Morgan fingerprint density at radius 3 is 2.72 bits per heavy atom. The van der Waals surface area contributed by atoms with E-state index in [1.54, 1.807) is 4.68 Å². The number of anilines is 2. The van der Waals surface area contributed by atoms with Crippen LogP contribution in [0.15, 0.2) is 24.3 Å². The van der Waals surface area contributed by atoms with Gasteiger partial charge in [0, 0.05) is 37.6 Å². The maximum Gasteiger partial charge on any atom is 0.131 e. The fraction of sp³-hybridized carbons (Fsp3) is 0.308. The first kappa shape index (κ1) is 12.8. The maximum absolute atomic E-state index is 6.23. The van der Waals surface area contributed by atoms with Gasteiger partial charge in [0.1, 0.15) is 5.15 Å². The molecule has 0 amide bonds. The summed E-state index contributed by atoms with van der Waals surface area (Å²) in [4.78, 5) is 2.10. The van der Waals surface area contributed by atoms with Crippen LogP contribution in [0.25, 0.3) is 0 Å². The van der Waals surface area contributed by atoms with Crippen molar-refractivity contribution in [2.45, 2.75) is 13.5 Å². The first-order chi connectivity index (χ1) is 8.49. The molecular formula is C13H17ClN4. The van der Waals surface area contributed by atoms with Crippen LogP contribution < -0.4 is 10.6 Å². The van der Waals surface area contributed by atoms with Crippen molar-refractivity contribution >= 4 is 23.0 Å². The van der Waals surface area contributed by atoms with Gasteiger partial charge in [-0.15, -0.1) is 0 Å². The first-order valence-electron chi connectivity index (χ1n) is 5.73. The summed E-state index contributed by atoms with van der Waals surface area (Å²) in [6.07, 6.45) is 0. The van der Waals surface area contributed by atoms with E-state index in [1.165, 1.54) is 0 Å². The third-order valence-electron chi connectivity index (χ3n) is 2.98. The van der Waals surface area contributed by atoms with Gasteiger partial charge >= 0.3 is 0 Å². The fourth-order valence-electron chi connectivity index (χ4n) is 1.94. The van der Waals surface area contributed by atoms with Gasteiger partial charge in [-0.2, -0.15) is 5.10 Å². The van der Waals surface area contributed by atoms with Gasteiger partial charge in [-0.25, -0.2) is 0 Å². The zero-order valence-electron chi connectivity index (χ0n) is 10.8. The topological polar surface area (TPSA) is 47.1 Å². The second-order valence-corrected chi connectivity index (χ2v) is 4.79. The third-order valence-corrected chi connectivity index (χ3v) is 3.45. The number of nitrogens with two attached hydrogens (primary N) is 1. The van der Waals surface area contributed by atoms with Crippen LogP contribution in [0.1, 0.15) is 11.3 Å². The number of benzene rings is 1. The van der Waals surface area contributed by atoms with Crippen molar-refractivity contribution in [3.05, 3.63) is 40.7 Å². The molecule has 0 unspecified atom stereocenters. The molecule has 1 aromatic carbocycles. The molecule has 96 valence electrons. The molecule has 0 bridgehead atoms. The second-order valence-electron chi connectivity index (χ2n) is 4.43. The number of rotatable bonds is 3. The van der Waals surface area contributed by atoms with Gasteiger partial charge in [0.2, 0.25) is 0 Å². The monoisotopic (exact) mass is 264 g/mol. The first-order valence-corrected chi connectivity index (χ1v) is 6.11. The lowest BCUT2D eigenvalue weighted by atomic mass is 10.2. The second kappa shape index (κ2) is 4.90. The zero-order valence-corrected chi connectivity index (χ0v) is 11.6. The van der Waals surface area contributed by atoms with Crippen molar-refractivity contribution in [1.82, 2.24) is 9.78 Å². The van der Waals surface area contributed by atoms with Crippen LogP contribution >= 0.6 is 11.6 Å². The van der Waals surface area contributed by atoms with E-state index in [0.717, 1.165) is 22.6 Å². The van der Waals surface area contributed by atoms with Gasteiger partial charge in [0.15, 0.2) is 0 Å². The molecule has 2 rings (SSSR count). The van der Waals surface area contributed by atoms with Crippen LogP contribution in [0.4, 0.5) is 11.4 Å². The number of hydrogen-bond donors (Lipinski definition) is 1. The Hall–Kier alpha value is -1.68. The van der Waals surface area contributed by atoms with Crippen LogP contribution in [0.5, 0.6) is 0 Å². The van der Waals surface area contributed by atoms with E-state index in [2.05, 4.69) is 10.00 Å². The average Bonchev–Trinajstić information content (AvgIpc) is 2.56. The van der Waals surface area contributed by atoms with Gasteiger partial charge < -0.3 is 10.6 Å². The van der Waals surface area contributed by atoms with Gasteiger partial charge in [-0.1, -0.05) is 17.7 Å². The quantitative estimate of drug-likeness (QED) is 0.867. The molecule has 2 N–H and O–H groups in total. The summed E-state index contributed by atoms with van der Waals surface area (Å²) in [5.74, 6) is 0. The summed E-state index contributed by atoms with van der Waals surface area (Å²) in [6, 6.07) is 7.79. The lowest BCUT2D eigenvalue weighted by Gasteiger charge is -2.19. The molecule has 0 radical (unpaired) electrons. The molecule has 0 fully saturated rings. The highest BCUT2D eigenvalue weighted by molar-refractivity contribution is 6.30. The largest absolute Gasteiger partial charge is 0.399 e. The molecule has 4 nitrogen and oxygen atoms in total. The van der Waals surface area contributed by atoms with Crippen molar-refractivity contribution in [3.63, 3.8) is 0 Å². The Kier molecular flexibility index (Phi) is 3.48. The highest BCUT2D eigenvalue weighted by Gasteiger charge is 2.13. The van der Waals surface area contributed by atoms with E-state index in [9.17, 15) is 0 Å². The molecule has 0 saturated carbocycles. The standard InChI is InChI=1S/C13H17ClN4/c1-9-12(13(14)18(3)16-9)8-17(2)11-6-4-5-10(15)7-11/h4-7H,8,15H2,1-3H3. The van der Waals surface area contributed by atoms with Gasteiger partial charge in [0.05, 0.1) is 5.69 Å². The number of hydrogen-bond acceptors (Lipinski definition) is 3. The summed E-state index contributed by atoms with van der Waals surface area (Å²) in [5.41, 5.74) is 9.61. The van der Waals surface area contributed by atoms with Crippen molar-refractivity contribution in [1.29, 1.82) is 0 Å². The van der Waals surface area contributed by atoms with Crippen LogP contribution in [0, 0.1) is 6.92 Å². The van der Waals surface area contributed by atoms with Crippen LogP contribution in [0.3, 0.4) is 0 Å².